The summed E-state index contributed by atoms with van der Waals surface area (Å²) in [5.74, 6) is 0.609. The zero-order valence-corrected chi connectivity index (χ0v) is 19.0. The Kier molecular flexibility index (Phi) is 8.12. The third kappa shape index (κ3) is 6.44. The van der Waals surface area contributed by atoms with E-state index in [-0.39, 0.29) is 6.61 Å². The first kappa shape index (κ1) is 23.0. The number of allylic oxidation sites excluding steroid dienone is 1. The van der Waals surface area contributed by atoms with Gasteiger partial charge in [0.2, 0.25) is 0 Å². The van der Waals surface area contributed by atoms with E-state index in [0.29, 0.717) is 24.2 Å². The van der Waals surface area contributed by atoms with Crippen molar-refractivity contribution in [2.75, 3.05) is 13.2 Å². The van der Waals surface area contributed by atoms with Gasteiger partial charge in [0.1, 0.15) is 12.4 Å². The summed E-state index contributed by atoms with van der Waals surface area (Å²) in [6, 6.07) is 9.91. The third-order valence-corrected chi connectivity index (χ3v) is 6.52. The number of fused-ring (bicyclic) bond motifs is 1. The monoisotopic (exact) mass is 448 g/mol. The summed E-state index contributed by atoms with van der Waals surface area (Å²) in [6.45, 7) is 0.140. The maximum Gasteiger partial charge on any atom is 0.341 e. The predicted molar refractivity (Wildman–Crippen MR) is 128 cm³/mol. The minimum Gasteiger partial charge on any atom is -0.482 e. The maximum atomic E-state index is 10.8. The molecule has 2 aromatic rings. The molecule has 33 heavy (non-hydrogen) atoms. The van der Waals surface area contributed by atoms with E-state index in [2.05, 4.69) is 34.4 Å². The van der Waals surface area contributed by atoms with Gasteiger partial charge in [-0.15, -0.1) is 0 Å². The summed E-state index contributed by atoms with van der Waals surface area (Å²) >= 11 is 0. The molecular weight excluding hydrogens is 416 g/mol. The molecule has 0 aliphatic heterocycles. The van der Waals surface area contributed by atoms with Crippen molar-refractivity contribution >= 4 is 11.7 Å². The van der Waals surface area contributed by atoms with E-state index in [0.717, 1.165) is 48.9 Å². The van der Waals surface area contributed by atoms with E-state index < -0.39 is 5.97 Å². The lowest BCUT2D eigenvalue weighted by atomic mass is 9.83. The van der Waals surface area contributed by atoms with Gasteiger partial charge in [-0.3, -0.25) is 4.98 Å². The van der Waals surface area contributed by atoms with E-state index in [4.69, 9.17) is 14.7 Å². The highest BCUT2D eigenvalue weighted by Gasteiger charge is 2.22. The van der Waals surface area contributed by atoms with Gasteiger partial charge in [0.15, 0.2) is 6.61 Å². The van der Waals surface area contributed by atoms with Crippen molar-refractivity contribution in [3.63, 3.8) is 0 Å². The molecule has 4 rings (SSSR count). The van der Waals surface area contributed by atoms with Crippen LogP contribution in [0.25, 0.3) is 0 Å². The molecule has 6 nitrogen and oxygen atoms in total. The molecule has 1 unspecified atom stereocenters. The number of oxime groups is 1. The van der Waals surface area contributed by atoms with Crippen LogP contribution in [0.3, 0.4) is 0 Å². The molecule has 1 fully saturated rings. The molecule has 174 valence electrons. The number of pyridine rings is 1. The number of nitrogens with zero attached hydrogens (tertiary/aromatic N) is 2. The van der Waals surface area contributed by atoms with Crippen LogP contribution in [0.4, 0.5) is 0 Å². The molecule has 6 heteroatoms. The van der Waals surface area contributed by atoms with Gasteiger partial charge in [0.05, 0.1) is 5.71 Å². The van der Waals surface area contributed by atoms with Crippen LogP contribution in [0.5, 0.6) is 5.75 Å². The van der Waals surface area contributed by atoms with Crippen molar-refractivity contribution in [3.8, 4) is 5.75 Å². The van der Waals surface area contributed by atoms with Crippen LogP contribution in [0, 0.1) is 11.8 Å². The summed E-state index contributed by atoms with van der Waals surface area (Å²) in [5, 5.41) is 13.4. The Morgan fingerprint density at radius 1 is 1.15 bits per heavy atom. The number of aliphatic carboxylic acids is 1. The number of carboxylic acids is 1. The average molecular weight is 449 g/mol. The first-order chi connectivity index (χ1) is 16.2. The van der Waals surface area contributed by atoms with Crippen molar-refractivity contribution in [2.45, 2.75) is 51.4 Å². The first-order valence-corrected chi connectivity index (χ1v) is 11.9. The smallest absolute Gasteiger partial charge is 0.341 e. The predicted octanol–water partition coefficient (Wildman–Crippen LogP) is 5.21. The van der Waals surface area contributed by atoms with Gasteiger partial charge in [0, 0.05) is 23.9 Å². The van der Waals surface area contributed by atoms with Crippen molar-refractivity contribution < 1.29 is 19.5 Å². The standard InChI is InChI=1S/C27H32N2O4/c30-26(31)19-32-25-12-4-10-22-17-20(13-14-24(22)25)7-6-16-33-29-27(21-8-2-1-3-9-21)23-11-5-15-28-18-23/h4-7,10-12,15,18,20-21H,1-3,8-9,13-14,16-17,19H2,(H,30,31)/b7-6+,29-27-. The molecule has 0 spiro atoms. The van der Waals surface area contributed by atoms with Crippen molar-refractivity contribution in [3.05, 3.63) is 71.6 Å². The second-order valence-corrected chi connectivity index (χ2v) is 8.86. The Balaban J connectivity index is 1.33. The fourth-order valence-electron chi connectivity index (χ4n) is 4.89. The zero-order valence-electron chi connectivity index (χ0n) is 19.0. The van der Waals surface area contributed by atoms with Gasteiger partial charge in [-0.25, -0.2) is 4.79 Å². The minimum atomic E-state index is -0.956. The Labute approximate surface area is 195 Å². The number of carbonyl (C=O) groups is 1. The van der Waals surface area contributed by atoms with E-state index in [1.807, 2.05) is 24.4 Å². The highest BCUT2D eigenvalue weighted by Crippen LogP contribution is 2.33. The molecule has 0 bridgehead atoms. The number of aromatic nitrogens is 1. The summed E-state index contributed by atoms with van der Waals surface area (Å²) in [7, 11) is 0. The molecule has 2 aliphatic carbocycles. The fourth-order valence-corrected chi connectivity index (χ4v) is 4.89. The molecule has 1 aromatic carbocycles. The van der Waals surface area contributed by atoms with E-state index in [1.54, 1.807) is 6.20 Å². The summed E-state index contributed by atoms with van der Waals surface area (Å²) in [4.78, 5) is 20.8. The number of hydrogen-bond donors (Lipinski definition) is 1. The molecule has 1 saturated carbocycles. The molecule has 0 saturated heterocycles. The van der Waals surface area contributed by atoms with Crippen LogP contribution in [-0.4, -0.2) is 35.0 Å². The molecular formula is C27H32N2O4. The van der Waals surface area contributed by atoms with Crippen LogP contribution < -0.4 is 4.74 Å². The molecule has 2 aliphatic rings. The molecule has 1 heterocycles. The molecule has 1 N–H and O–H groups in total. The quantitative estimate of drug-likeness (QED) is 0.247. The van der Waals surface area contributed by atoms with Crippen LogP contribution in [0.15, 0.2) is 60.0 Å². The summed E-state index contributed by atoms with van der Waals surface area (Å²) in [5.41, 5.74) is 4.45. The lowest BCUT2D eigenvalue weighted by Gasteiger charge is -2.24. The summed E-state index contributed by atoms with van der Waals surface area (Å²) < 4.78 is 5.47. The van der Waals surface area contributed by atoms with Crippen LogP contribution in [0.1, 0.15) is 55.2 Å². The second-order valence-electron chi connectivity index (χ2n) is 8.86. The van der Waals surface area contributed by atoms with Gasteiger partial charge < -0.3 is 14.7 Å². The van der Waals surface area contributed by atoms with Gasteiger partial charge in [-0.05, 0) is 73.4 Å². The SMILES string of the molecule is O=C(O)COc1cccc2c1CCC(/C=C/CO/N=C(\c1cccnc1)C1CCCCC1)C2. The maximum absolute atomic E-state index is 10.8. The van der Waals surface area contributed by atoms with Crippen LogP contribution >= 0.6 is 0 Å². The number of ether oxygens (including phenoxy) is 1. The van der Waals surface area contributed by atoms with Gasteiger partial charge in [-0.2, -0.15) is 0 Å². The Morgan fingerprint density at radius 3 is 2.82 bits per heavy atom. The van der Waals surface area contributed by atoms with E-state index in [1.165, 1.54) is 24.8 Å². The lowest BCUT2D eigenvalue weighted by molar-refractivity contribution is -0.139. The highest BCUT2D eigenvalue weighted by atomic mass is 16.6. The second kappa shape index (κ2) is 11.6. The van der Waals surface area contributed by atoms with Gasteiger partial charge in [0.25, 0.3) is 0 Å². The van der Waals surface area contributed by atoms with Gasteiger partial charge in [-0.1, -0.05) is 42.6 Å². The van der Waals surface area contributed by atoms with E-state index >= 15 is 0 Å². The van der Waals surface area contributed by atoms with Crippen molar-refractivity contribution in [1.29, 1.82) is 0 Å². The Hall–Kier alpha value is -3.15. The van der Waals surface area contributed by atoms with Crippen LogP contribution in [0.2, 0.25) is 0 Å². The van der Waals surface area contributed by atoms with Crippen LogP contribution in [-0.2, 0) is 22.5 Å². The number of benzene rings is 1. The Bertz CT molecular complexity index is 981. The number of carboxylic acid groups (broad SMARTS) is 1. The zero-order chi connectivity index (χ0) is 22.9. The normalized spacial score (nSPS) is 19.3. The number of rotatable bonds is 9. The van der Waals surface area contributed by atoms with Crippen molar-refractivity contribution in [1.82, 2.24) is 4.98 Å². The van der Waals surface area contributed by atoms with Gasteiger partial charge >= 0.3 is 5.97 Å². The largest absolute Gasteiger partial charge is 0.482 e. The first-order valence-electron chi connectivity index (χ1n) is 11.9. The Morgan fingerprint density at radius 2 is 2.03 bits per heavy atom. The fraction of sp³-hybridized carbons (Fsp3) is 0.444. The third-order valence-electron chi connectivity index (χ3n) is 6.52. The van der Waals surface area contributed by atoms with E-state index in [9.17, 15) is 4.79 Å². The molecule has 0 amide bonds. The lowest BCUT2D eigenvalue weighted by Crippen LogP contribution is -2.19. The highest BCUT2D eigenvalue weighted by molar-refractivity contribution is 6.01. The average Bonchev–Trinajstić information content (AvgIpc) is 2.85. The van der Waals surface area contributed by atoms with Crippen molar-refractivity contribution in [2.24, 2.45) is 17.0 Å². The molecule has 1 atom stereocenters. The number of hydrogen-bond acceptors (Lipinski definition) is 5. The summed E-state index contributed by atoms with van der Waals surface area (Å²) in [6.07, 6.45) is 16.9. The molecule has 1 aromatic heterocycles. The minimum absolute atomic E-state index is 0.306. The topological polar surface area (TPSA) is 81.0 Å². The molecule has 0 radical (unpaired) electrons.